The van der Waals surface area contributed by atoms with E-state index in [1.54, 1.807) is 0 Å². The van der Waals surface area contributed by atoms with Crippen LogP contribution in [0.5, 0.6) is 0 Å². The molecule has 45 heavy (non-hydrogen) atoms. The summed E-state index contributed by atoms with van der Waals surface area (Å²) in [4.78, 5) is 0. The molecule has 0 spiro atoms. The second-order valence-electron chi connectivity index (χ2n) is 12.4. The quantitative estimate of drug-likeness (QED) is 0.143. The van der Waals surface area contributed by atoms with Crippen LogP contribution in [0, 0.1) is 0 Å². The predicted molar refractivity (Wildman–Crippen MR) is 191 cm³/mol. The number of hydrogen-bond acceptors (Lipinski definition) is 1. The van der Waals surface area contributed by atoms with Crippen molar-refractivity contribution in [3.05, 3.63) is 192 Å². The molecule has 1 nitrogen and oxygen atoms in total. The van der Waals surface area contributed by atoms with Gasteiger partial charge in [0, 0.05) is 0 Å². The number of anilines is 1. The summed E-state index contributed by atoms with van der Waals surface area (Å²) in [6.07, 6.45) is 2.33. The van der Waals surface area contributed by atoms with Gasteiger partial charge in [-0.3, -0.25) is 0 Å². The fraction of sp³-hybridized carbons (Fsp3) is 0.143. The molecule has 0 aliphatic carbocycles. The first-order chi connectivity index (χ1) is 22.3. The van der Waals surface area contributed by atoms with Crippen LogP contribution in [-0.4, -0.2) is 3.75 Å². The zero-order chi connectivity index (χ0) is 30.3. The first-order valence-electron chi connectivity index (χ1n) is 16.2. The van der Waals surface area contributed by atoms with E-state index in [1.165, 1.54) is 62.7 Å². The van der Waals surface area contributed by atoms with E-state index in [9.17, 15) is 0 Å². The summed E-state index contributed by atoms with van der Waals surface area (Å²) in [5.74, 6) is 0. The van der Waals surface area contributed by atoms with Crippen LogP contribution < -0.4 is 21.2 Å². The second kappa shape index (κ2) is 14.2. The van der Waals surface area contributed by atoms with Gasteiger partial charge in [0.15, 0.2) is 0 Å². The average molecular weight is 681 g/mol. The molecule has 222 valence electrons. The van der Waals surface area contributed by atoms with Gasteiger partial charge in [0.05, 0.1) is 0 Å². The molecule has 1 unspecified atom stereocenters. The molecule has 1 aliphatic rings. The van der Waals surface area contributed by atoms with E-state index in [0.717, 1.165) is 6.42 Å². The summed E-state index contributed by atoms with van der Waals surface area (Å²) in [7, 11) is -0.699. The van der Waals surface area contributed by atoms with Crippen LogP contribution in [0.2, 0.25) is 0 Å². The summed E-state index contributed by atoms with van der Waals surface area (Å²) in [5, 5.41) is 8.67. The van der Waals surface area contributed by atoms with Gasteiger partial charge in [0.1, 0.15) is 0 Å². The van der Waals surface area contributed by atoms with E-state index in [2.05, 4.69) is 175 Å². The summed E-state index contributed by atoms with van der Waals surface area (Å²) in [5.41, 5.74) is 7.37. The van der Waals surface area contributed by atoms with Gasteiger partial charge in [0.2, 0.25) is 0 Å². The minimum absolute atomic E-state index is 0.511. The van der Waals surface area contributed by atoms with Crippen molar-refractivity contribution in [1.29, 1.82) is 0 Å². The van der Waals surface area contributed by atoms with Crippen LogP contribution in [-0.2, 0) is 39.1 Å². The zero-order valence-corrected chi connectivity index (χ0v) is 29.1. The molecule has 1 aliphatic heterocycles. The molecule has 1 atom stereocenters. The Morgan fingerprint density at radius 1 is 0.489 bits per heavy atom. The number of hydrogen-bond donors (Lipinski definition) is 1. The Bertz CT molecular complexity index is 1650. The molecule has 0 radical (unpaired) electrons. The van der Waals surface area contributed by atoms with E-state index in [0.29, 0.717) is 3.75 Å². The molecule has 0 amide bonds. The number of fused-ring (bicyclic) bond motifs is 1. The first-order valence-corrected chi connectivity index (χ1v) is 24.2. The summed E-state index contributed by atoms with van der Waals surface area (Å²) in [6, 6.07) is 63.5. The molecular formula is C42H40NPZr. The summed E-state index contributed by atoms with van der Waals surface area (Å²) >= 11 is -3.17. The maximum absolute atomic E-state index is 4.40. The minimum atomic E-state index is -3.17. The number of benzene rings is 6. The van der Waals surface area contributed by atoms with Crippen molar-refractivity contribution in [3.8, 4) is 0 Å². The molecule has 1 heterocycles. The monoisotopic (exact) mass is 679 g/mol. The van der Waals surface area contributed by atoms with Crippen molar-refractivity contribution in [1.82, 2.24) is 0 Å². The van der Waals surface area contributed by atoms with E-state index in [1.807, 2.05) is 0 Å². The SMILES string of the molecule is c1ccc([CH2][Zr]([CH2]c2ccccc2)([CH2]c2ccccc2)[CH]2CCc3cccc(P(c4ccccc4)c4ccccc4)c3N2)cc1. The van der Waals surface area contributed by atoms with Crippen molar-refractivity contribution in [2.24, 2.45) is 0 Å². The molecule has 0 bridgehead atoms. The average Bonchev–Trinajstić information content (AvgIpc) is 3.10. The molecule has 6 aromatic carbocycles. The van der Waals surface area contributed by atoms with Gasteiger partial charge < -0.3 is 0 Å². The van der Waals surface area contributed by atoms with Gasteiger partial charge in [-0.1, -0.05) is 0 Å². The summed E-state index contributed by atoms with van der Waals surface area (Å²) < 4.78 is 4.18. The van der Waals surface area contributed by atoms with Gasteiger partial charge in [0.25, 0.3) is 0 Å². The fourth-order valence-electron chi connectivity index (χ4n) is 7.30. The van der Waals surface area contributed by atoms with Crippen LogP contribution in [0.4, 0.5) is 5.69 Å². The van der Waals surface area contributed by atoms with Crippen LogP contribution in [0.25, 0.3) is 0 Å². The standard InChI is InChI=1S/C21H19NP.3C7H7.Zr/c1-3-11-18(12-4-1)23(19-13-5-2-6-14-19)20-15-7-9-17-10-8-16-22-21(17)20;3*1-7-5-3-2-4-6-7;/h1-7,9,11-16,22H,8,10H2;3*2-6H,1H2;. The van der Waals surface area contributed by atoms with Gasteiger partial charge in [-0.2, -0.15) is 0 Å². The Morgan fingerprint density at radius 3 is 1.36 bits per heavy atom. The van der Waals surface area contributed by atoms with E-state index in [-0.39, 0.29) is 0 Å². The zero-order valence-electron chi connectivity index (χ0n) is 25.7. The first kappa shape index (κ1) is 30.1. The molecule has 0 aromatic heterocycles. The molecule has 3 heteroatoms. The molecule has 1 N–H and O–H groups in total. The molecule has 0 saturated carbocycles. The van der Waals surface area contributed by atoms with E-state index in [4.69, 9.17) is 0 Å². The second-order valence-corrected chi connectivity index (χ2v) is 25.6. The Balaban J connectivity index is 1.36. The number of aryl methyl sites for hydroxylation is 1. The number of nitrogens with one attached hydrogen (secondary N) is 1. The van der Waals surface area contributed by atoms with Crippen molar-refractivity contribution < 1.29 is 20.3 Å². The third-order valence-corrected chi connectivity index (χ3v) is 24.7. The molecule has 0 saturated heterocycles. The normalized spacial score (nSPS) is 14.5. The van der Waals surface area contributed by atoms with E-state index >= 15 is 0 Å². The molecule has 0 fully saturated rings. The van der Waals surface area contributed by atoms with Crippen molar-refractivity contribution in [2.75, 3.05) is 5.32 Å². The molecular weight excluding hydrogens is 641 g/mol. The Labute approximate surface area is 274 Å². The number of para-hydroxylation sites is 1. The summed E-state index contributed by atoms with van der Waals surface area (Å²) in [6.45, 7) is 0. The Kier molecular flexibility index (Phi) is 9.53. The van der Waals surface area contributed by atoms with Gasteiger partial charge in [-0.05, 0) is 0 Å². The van der Waals surface area contributed by atoms with Crippen LogP contribution in [0.1, 0.15) is 28.7 Å². The van der Waals surface area contributed by atoms with Crippen molar-refractivity contribution in [3.63, 3.8) is 0 Å². The maximum atomic E-state index is 4.40. The fourth-order valence-corrected chi connectivity index (χ4v) is 23.2. The van der Waals surface area contributed by atoms with Crippen LogP contribution >= 0.6 is 7.92 Å². The number of rotatable bonds is 10. The van der Waals surface area contributed by atoms with E-state index < -0.39 is 28.2 Å². The third kappa shape index (κ3) is 6.99. The molecule has 6 aromatic rings. The third-order valence-electron chi connectivity index (χ3n) is 9.36. The molecule has 7 rings (SSSR count). The Morgan fingerprint density at radius 2 is 0.911 bits per heavy atom. The van der Waals surface area contributed by atoms with Crippen molar-refractivity contribution >= 4 is 29.5 Å². The van der Waals surface area contributed by atoms with Gasteiger partial charge >= 0.3 is 276 Å². The van der Waals surface area contributed by atoms with Crippen LogP contribution in [0.15, 0.2) is 170 Å². The topological polar surface area (TPSA) is 12.0 Å². The van der Waals surface area contributed by atoms with Gasteiger partial charge in [-0.25, -0.2) is 0 Å². The van der Waals surface area contributed by atoms with Crippen LogP contribution in [0.3, 0.4) is 0 Å². The van der Waals surface area contributed by atoms with Gasteiger partial charge in [-0.15, -0.1) is 0 Å². The predicted octanol–water partition coefficient (Wildman–Crippen LogP) is 8.88. The van der Waals surface area contributed by atoms with Crippen molar-refractivity contribution in [2.45, 2.75) is 29.0 Å². The Hall–Kier alpha value is -3.57.